The predicted octanol–water partition coefficient (Wildman–Crippen LogP) is 4.92. The van der Waals surface area contributed by atoms with Gasteiger partial charge >= 0.3 is 0 Å². The van der Waals surface area contributed by atoms with E-state index in [4.69, 9.17) is 4.74 Å². The average molecular weight is 481 g/mol. The number of guanidine groups is 1. The van der Waals surface area contributed by atoms with Crippen LogP contribution in [-0.4, -0.2) is 25.7 Å². The highest BCUT2D eigenvalue weighted by atomic mass is 127. The predicted molar refractivity (Wildman–Crippen MR) is 125 cm³/mol. The molecule has 0 saturated heterocycles. The van der Waals surface area contributed by atoms with Crippen LogP contribution in [0, 0.1) is 0 Å². The molecule has 1 atom stereocenters. The fourth-order valence-electron chi connectivity index (χ4n) is 2.62. The molecule has 2 aromatic rings. The number of unbranched alkanes of at least 4 members (excludes halogenated alkanes) is 1. The Balaban J connectivity index is 0.00000364. The number of aliphatic imine (C=N–C) groups is 1. The van der Waals surface area contributed by atoms with Crippen molar-refractivity contribution in [2.75, 3.05) is 19.7 Å². The number of rotatable bonds is 10. The monoisotopic (exact) mass is 481 g/mol. The third kappa shape index (κ3) is 9.77. The number of hydrogen-bond acceptors (Lipinski definition) is 2. The third-order valence-electron chi connectivity index (χ3n) is 4.08. The number of benzene rings is 2. The van der Waals surface area contributed by atoms with Crippen LogP contribution in [0.25, 0.3) is 0 Å². The summed E-state index contributed by atoms with van der Waals surface area (Å²) in [6.45, 7) is 7.35. The Morgan fingerprint density at radius 3 is 2.33 bits per heavy atom. The maximum Gasteiger partial charge on any atom is 0.191 e. The number of ether oxygens (including phenoxy) is 1. The molecule has 0 aliphatic heterocycles. The Bertz CT molecular complexity index is 635. The van der Waals surface area contributed by atoms with Gasteiger partial charge in [0.25, 0.3) is 0 Å². The van der Waals surface area contributed by atoms with E-state index in [0.717, 1.165) is 38.5 Å². The summed E-state index contributed by atoms with van der Waals surface area (Å²) in [5, 5.41) is 6.78. The number of nitrogens with zero attached hydrogens (tertiary/aromatic N) is 1. The zero-order valence-electron chi connectivity index (χ0n) is 16.4. The van der Waals surface area contributed by atoms with Gasteiger partial charge < -0.3 is 15.4 Å². The van der Waals surface area contributed by atoms with Crippen molar-refractivity contribution in [3.8, 4) is 0 Å². The first kappa shape index (κ1) is 23.4. The van der Waals surface area contributed by atoms with Crippen molar-refractivity contribution in [1.29, 1.82) is 0 Å². The van der Waals surface area contributed by atoms with Gasteiger partial charge in [0.05, 0.1) is 12.6 Å². The molecule has 0 bridgehead atoms. The largest absolute Gasteiger partial charge is 0.377 e. The van der Waals surface area contributed by atoms with Crippen molar-refractivity contribution in [3.05, 3.63) is 71.8 Å². The van der Waals surface area contributed by atoms with E-state index in [1.54, 1.807) is 0 Å². The van der Waals surface area contributed by atoms with E-state index in [2.05, 4.69) is 65.9 Å². The first-order chi connectivity index (χ1) is 12.8. The fraction of sp³-hybridized carbons (Fsp3) is 0.409. The van der Waals surface area contributed by atoms with E-state index < -0.39 is 0 Å². The van der Waals surface area contributed by atoms with Crippen molar-refractivity contribution in [3.63, 3.8) is 0 Å². The molecular weight excluding hydrogens is 449 g/mol. The summed E-state index contributed by atoms with van der Waals surface area (Å²) in [4.78, 5) is 4.67. The number of hydrogen-bond donors (Lipinski definition) is 2. The minimum Gasteiger partial charge on any atom is -0.377 e. The molecule has 0 aliphatic rings. The maximum absolute atomic E-state index is 5.72. The van der Waals surface area contributed by atoms with E-state index >= 15 is 0 Å². The molecule has 0 saturated carbocycles. The van der Waals surface area contributed by atoms with Gasteiger partial charge in [0, 0.05) is 19.7 Å². The first-order valence-electron chi connectivity index (χ1n) is 9.51. The van der Waals surface area contributed by atoms with Gasteiger partial charge in [-0.15, -0.1) is 24.0 Å². The third-order valence-corrected chi connectivity index (χ3v) is 4.08. The van der Waals surface area contributed by atoms with Crippen molar-refractivity contribution in [2.45, 2.75) is 39.3 Å². The van der Waals surface area contributed by atoms with Crippen LogP contribution in [0.1, 0.15) is 43.9 Å². The molecule has 0 aliphatic carbocycles. The molecule has 0 heterocycles. The van der Waals surface area contributed by atoms with E-state index in [1.165, 1.54) is 11.1 Å². The summed E-state index contributed by atoms with van der Waals surface area (Å²) in [6.07, 6.45) is 2.04. The molecule has 148 valence electrons. The topological polar surface area (TPSA) is 45.7 Å². The van der Waals surface area contributed by atoms with Crippen molar-refractivity contribution < 1.29 is 4.74 Å². The molecule has 27 heavy (non-hydrogen) atoms. The van der Waals surface area contributed by atoms with Gasteiger partial charge in [-0.2, -0.15) is 0 Å². The molecule has 0 fully saturated rings. The van der Waals surface area contributed by atoms with E-state index in [1.807, 2.05) is 24.3 Å². The molecular formula is C22H32IN3O. The summed E-state index contributed by atoms with van der Waals surface area (Å²) in [5.74, 6) is 0.869. The Labute approximate surface area is 180 Å². The van der Waals surface area contributed by atoms with Crippen molar-refractivity contribution >= 4 is 29.9 Å². The van der Waals surface area contributed by atoms with Gasteiger partial charge in [-0.05, 0) is 37.8 Å². The van der Waals surface area contributed by atoms with E-state index in [0.29, 0.717) is 6.61 Å². The molecule has 0 spiro atoms. The minimum atomic E-state index is 0. The first-order valence-corrected chi connectivity index (χ1v) is 9.51. The van der Waals surface area contributed by atoms with Gasteiger partial charge in [0.1, 0.15) is 0 Å². The van der Waals surface area contributed by atoms with Crippen LogP contribution in [0.4, 0.5) is 0 Å². The SMILES string of the molecule is CCNC(=NCCCCOCc1ccccc1)NC(C)c1ccccc1.I. The lowest BCUT2D eigenvalue weighted by atomic mass is 10.1. The van der Waals surface area contributed by atoms with Crippen LogP contribution in [0.3, 0.4) is 0 Å². The normalized spacial score (nSPS) is 12.1. The molecule has 2 N–H and O–H groups in total. The van der Waals surface area contributed by atoms with Crippen LogP contribution in [0.2, 0.25) is 0 Å². The Morgan fingerprint density at radius 1 is 1.00 bits per heavy atom. The van der Waals surface area contributed by atoms with E-state index in [-0.39, 0.29) is 30.0 Å². The summed E-state index contributed by atoms with van der Waals surface area (Å²) in [6, 6.07) is 20.9. The molecule has 5 heteroatoms. The van der Waals surface area contributed by atoms with Gasteiger partial charge in [0.2, 0.25) is 0 Å². The molecule has 2 aromatic carbocycles. The highest BCUT2D eigenvalue weighted by molar-refractivity contribution is 14.0. The lowest BCUT2D eigenvalue weighted by Gasteiger charge is -2.18. The van der Waals surface area contributed by atoms with Crippen molar-refractivity contribution in [2.24, 2.45) is 4.99 Å². The summed E-state index contributed by atoms with van der Waals surface area (Å²) in [7, 11) is 0. The second kappa shape index (κ2) is 14.5. The molecule has 2 rings (SSSR count). The smallest absolute Gasteiger partial charge is 0.191 e. The standard InChI is InChI=1S/C22H31N3O.HI/c1-3-23-22(25-19(2)21-14-8-5-9-15-21)24-16-10-11-17-26-18-20-12-6-4-7-13-20;/h4-9,12-15,19H,3,10-11,16-18H2,1-2H3,(H2,23,24,25);1H. The van der Waals surface area contributed by atoms with Gasteiger partial charge in [-0.1, -0.05) is 60.7 Å². The van der Waals surface area contributed by atoms with Crippen LogP contribution < -0.4 is 10.6 Å². The quantitative estimate of drug-likeness (QED) is 0.219. The zero-order chi connectivity index (χ0) is 18.5. The summed E-state index contributed by atoms with van der Waals surface area (Å²) in [5.41, 5.74) is 2.48. The van der Waals surface area contributed by atoms with Crippen molar-refractivity contribution in [1.82, 2.24) is 10.6 Å². The molecule has 1 unspecified atom stereocenters. The maximum atomic E-state index is 5.72. The lowest BCUT2D eigenvalue weighted by Crippen LogP contribution is -2.38. The summed E-state index contributed by atoms with van der Waals surface area (Å²) < 4.78 is 5.72. The Kier molecular flexibility index (Phi) is 12.6. The van der Waals surface area contributed by atoms with E-state index in [9.17, 15) is 0 Å². The molecule has 4 nitrogen and oxygen atoms in total. The Hall–Kier alpha value is -1.60. The van der Waals surface area contributed by atoms with Gasteiger partial charge in [0.15, 0.2) is 5.96 Å². The fourth-order valence-corrected chi connectivity index (χ4v) is 2.62. The molecule has 0 radical (unpaired) electrons. The van der Waals surface area contributed by atoms with Crippen LogP contribution in [0.15, 0.2) is 65.7 Å². The van der Waals surface area contributed by atoms with Crippen LogP contribution >= 0.6 is 24.0 Å². The molecule has 0 aromatic heterocycles. The molecule has 0 amide bonds. The lowest BCUT2D eigenvalue weighted by molar-refractivity contribution is 0.117. The number of nitrogens with one attached hydrogen (secondary N) is 2. The van der Waals surface area contributed by atoms with Gasteiger partial charge in [-0.25, -0.2) is 0 Å². The Morgan fingerprint density at radius 2 is 1.67 bits per heavy atom. The average Bonchev–Trinajstić information content (AvgIpc) is 2.68. The van der Waals surface area contributed by atoms with Crippen LogP contribution in [-0.2, 0) is 11.3 Å². The summed E-state index contributed by atoms with van der Waals surface area (Å²) >= 11 is 0. The minimum absolute atomic E-state index is 0. The number of halogens is 1. The highest BCUT2D eigenvalue weighted by Gasteiger charge is 2.06. The zero-order valence-corrected chi connectivity index (χ0v) is 18.7. The second-order valence-corrected chi connectivity index (χ2v) is 6.28. The van der Waals surface area contributed by atoms with Gasteiger partial charge in [-0.3, -0.25) is 4.99 Å². The highest BCUT2D eigenvalue weighted by Crippen LogP contribution is 2.10. The second-order valence-electron chi connectivity index (χ2n) is 6.28. The van der Waals surface area contributed by atoms with Crippen LogP contribution in [0.5, 0.6) is 0 Å².